The van der Waals surface area contributed by atoms with E-state index in [-0.39, 0.29) is 23.9 Å². The molecule has 0 heterocycles. The Labute approximate surface area is 148 Å². The number of hydrogen-bond acceptors (Lipinski definition) is 3. The Morgan fingerprint density at radius 3 is 2.62 bits per heavy atom. The molecule has 0 aromatic heterocycles. The molecule has 2 rings (SSSR count). The van der Waals surface area contributed by atoms with Gasteiger partial charge in [0.15, 0.2) is 0 Å². The zero-order valence-electron chi connectivity index (χ0n) is 12.9. The molecule has 2 amide bonds. The maximum absolute atomic E-state index is 13.6. The third kappa shape index (κ3) is 5.54. The molecule has 0 saturated heterocycles. The average molecular weight is 367 g/mol. The van der Waals surface area contributed by atoms with Crippen LogP contribution in [0.5, 0.6) is 0 Å². The molecule has 0 spiro atoms. The molecule has 0 atom stereocenters. The van der Waals surface area contributed by atoms with Crippen LogP contribution in [0, 0.1) is 5.82 Å². The summed E-state index contributed by atoms with van der Waals surface area (Å²) >= 11 is 7.54. The number of carbonyl (C=O) groups excluding carboxylic acids is 2. The van der Waals surface area contributed by atoms with Crippen molar-refractivity contribution in [2.24, 2.45) is 0 Å². The van der Waals surface area contributed by atoms with E-state index in [9.17, 15) is 14.0 Å². The number of benzene rings is 2. The lowest BCUT2D eigenvalue weighted by molar-refractivity contribution is -0.116. The highest BCUT2D eigenvalue weighted by molar-refractivity contribution is 7.99. The van der Waals surface area contributed by atoms with Gasteiger partial charge in [0.2, 0.25) is 11.8 Å². The van der Waals surface area contributed by atoms with Gasteiger partial charge in [0, 0.05) is 29.7 Å². The zero-order chi connectivity index (χ0) is 17.5. The highest BCUT2D eigenvalue weighted by Crippen LogP contribution is 2.27. The van der Waals surface area contributed by atoms with Crippen molar-refractivity contribution in [3.8, 4) is 0 Å². The Kier molecular flexibility index (Phi) is 6.63. The van der Waals surface area contributed by atoms with Gasteiger partial charge in [0.05, 0.1) is 10.7 Å². The van der Waals surface area contributed by atoms with Crippen LogP contribution in [-0.4, -0.2) is 17.6 Å². The number of carbonyl (C=O) groups is 2. The molecular weight excluding hydrogens is 351 g/mol. The molecule has 7 heteroatoms. The van der Waals surface area contributed by atoms with Gasteiger partial charge in [-0.3, -0.25) is 9.59 Å². The van der Waals surface area contributed by atoms with Gasteiger partial charge in [0.1, 0.15) is 5.82 Å². The van der Waals surface area contributed by atoms with Crippen LogP contribution in [0.15, 0.2) is 47.4 Å². The molecule has 2 N–H and O–H groups in total. The molecule has 0 fully saturated rings. The minimum absolute atomic E-state index is 0.0331. The third-order valence-electron chi connectivity index (χ3n) is 2.98. The first-order valence-corrected chi connectivity index (χ1v) is 8.56. The molecule has 0 radical (unpaired) electrons. The monoisotopic (exact) mass is 366 g/mol. The Morgan fingerprint density at radius 1 is 1.17 bits per heavy atom. The Bertz CT molecular complexity index is 755. The van der Waals surface area contributed by atoms with E-state index >= 15 is 0 Å². The molecule has 0 aliphatic carbocycles. The number of anilines is 2. The van der Waals surface area contributed by atoms with Crippen molar-refractivity contribution in [3.05, 3.63) is 53.3 Å². The fraction of sp³-hybridized carbons (Fsp3) is 0.176. The largest absolute Gasteiger partial charge is 0.326 e. The van der Waals surface area contributed by atoms with E-state index in [2.05, 4.69) is 10.6 Å². The first-order chi connectivity index (χ1) is 11.5. The Hall–Kier alpha value is -2.05. The van der Waals surface area contributed by atoms with Gasteiger partial charge in [-0.25, -0.2) is 4.39 Å². The molecule has 0 aliphatic heterocycles. The van der Waals surface area contributed by atoms with Crippen LogP contribution in [0.3, 0.4) is 0 Å². The third-order valence-corrected chi connectivity index (χ3v) is 4.50. The van der Waals surface area contributed by atoms with E-state index in [0.717, 1.165) is 4.90 Å². The van der Waals surface area contributed by atoms with Gasteiger partial charge >= 0.3 is 0 Å². The van der Waals surface area contributed by atoms with Gasteiger partial charge in [-0.05, 0) is 30.3 Å². The second kappa shape index (κ2) is 8.70. The highest BCUT2D eigenvalue weighted by Gasteiger charge is 2.08. The topological polar surface area (TPSA) is 58.2 Å². The van der Waals surface area contributed by atoms with Crippen LogP contribution in [0.1, 0.15) is 13.3 Å². The molecule has 0 saturated carbocycles. The summed E-state index contributed by atoms with van der Waals surface area (Å²) in [5.41, 5.74) is 0.457. The fourth-order valence-corrected chi connectivity index (χ4v) is 3.11. The summed E-state index contributed by atoms with van der Waals surface area (Å²) in [7, 11) is 0. The summed E-state index contributed by atoms with van der Waals surface area (Å²) in [6.07, 6.45) is 0.280. The maximum Gasteiger partial charge on any atom is 0.225 e. The van der Waals surface area contributed by atoms with Crippen molar-refractivity contribution in [1.29, 1.82) is 0 Å². The molecule has 4 nitrogen and oxygen atoms in total. The Morgan fingerprint density at radius 2 is 1.92 bits per heavy atom. The van der Waals surface area contributed by atoms with Crippen LogP contribution in [0.25, 0.3) is 0 Å². The molecule has 2 aromatic carbocycles. The summed E-state index contributed by atoms with van der Waals surface area (Å²) in [6, 6.07) is 11.4. The normalized spacial score (nSPS) is 10.3. The number of nitrogens with one attached hydrogen (secondary N) is 2. The first kappa shape index (κ1) is 18.3. The van der Waals surface area contributed by atoms with E-state index in [0.29, 0.717) is 16.5 Å². The van der Waals surface area contributed by atoms with Crippen LogP contribution < -0.4 is 10.6 Å². The first-order valence-electron chi connectivity index (χ1n) is 7.20. The molecule has 0 bridgehead atoms. The second-order valence-electron chi connectivity index (χ2n) is 4.95. The van der Waals surface area contributed by atoms with Crippen LogP contribution in [0.4, 0.5) is 15.8 Å². The van der Waals surface area contributed by atoms with Gasteiger partial charge in [-0.15, -0.1) is 11.8 Å². The summed E-state index contributed by atoms with van der Waals surface area (Å²) < 4.78 is 13.6. The van der Waals surface area contributed by atoms with E-state index in [1.807, 2.05) is 18.2 Å². The van der Waals surface area contributed by atoms with Crippen LogP contribution >= 0.6 is 23.4 Å². The van der Waals surface area contributed by atoms with Crippen LogP contribution in [-0.2, 0) is 9.59 Å². The van der Waals surface area contributed by atoms with E-state index < -0.39 is 5.82 Å². The van der Waals surface area contributed by atoms with E-state index in [4.69, 9.17) is 11.6 Å². The van der Waals surface area contributed by atoms with Gasteiger partial charge < -0.3 is 10.6 Å². The zero-order valence-corrected chi connectivity index (χ0v) is 14.5. The maximum atomic E-state index is 13.6. The lowest BCUT2D eigenvalue weighted by Gasteiger charge is -2.09. The van der Waals surface area contributed by atoms with E-state index in [1.165, 1.54) is 36.9 Å². The number of thioether (sulfide) groups is 1. The van der Waals surface area contributed by atoms with Crippen molar-refractivity contribution in [2.45, 2.75) is 18.2 Å². The smallest absolute Gasteiger partial charge is 0.225 e. The minimum atomic E-state index is -0.558. The van der Waals surface area contributed by atoms with Crippen molar-refractivity contribution >= 4 is 46.6 Å². The minimum Gasteiger partial charge on any atom is -0.326 e. The van der Waals surface area contributed by atoms with E-state index in [1.54, 1.807) is 6.07 Å². The molecular formula is C17H16ClFN2O2S. The fourth-order valence-electron chi connectivity index (χ4n) is 1.93. The lowest BCUT2D eigenvalue weighted by atomic mass is 10.2. The predicted octanol–water partition coefficient (Wildman–Crippen LogP) is 4.56. The van der Waals surface area contributed by atoms with Crippen molar-refractivity contribution in [2.75, 3.05) is 16.4 Å². The Balaban J connectivity index is 1.88. The summed E-state index contributed by atoms with van der Waals surface area (Å²) in [6.45, 7) is 1.29. The van der Waals surface area contributed by atoms with Crippen molar-refractivity contribution in [1.82, 2.24) is 0 Å². The van der Waals surface area contributed by atoms with Gasteiger partial charge in [-0.2, -0.15) is 0 Å². The van der Waals surface area contributed by atoms with Gasteiger partial charge in [0.25, 0.3) is 0 Å². The van der Waals surface area contributed by atoms with Gasteiger partial charge in [-0.1, -0.05) is 23.7 Å². The number of rotatable bonds is 6. The summed E-state index contributed by atoms with van der Waals surface area (Å²) in [5.74, 6) is -0.573. The lowest BCUT2D eigenvalue weighted by Crippen LogP contribution is -2.13. The molecule has 0 unspecified atom stereocenters. The van der Waals surface area contributed by atoms with Crippen LogP contribution in [0.2, 0.25) is 5.02 Å². The average Bonchev–Trinajstić information content (AvgIpc) is 2.52. The predicted molar refractivity (Wildman–Crippen MR) is 96.1 cm³/mol. The standard InChI is InChI=1S/C17H16ClFN2O2S/c1-11(22)20-15-10-12(6-7-14(15)19)21-17(23)8-9-24-16-5-3-2-4-13(16)18/h2-7,10H,8-9H2,1H3,(H,20,22)(H,21,23). The summed E-state index contributed by atoms with van der Waals surface area (Å²) in [5, 5.41) is 5.71. The molecule has 2 aromatic rings. The number of hydrogen-bond donors (Lipinski definition) is 2. The van der Waals surface area contributed by atoms with Crippen molar-refractivity contribution in [3.63, 3.8) is 0 Å². The quantitative estimate of drug-likeness (QED) is 0.737. The molecule has 24 heavy (non-hydrogen) atoms. The SMILES string of the molecule is CC(=O)Nc1cc(NC(=O)CCSc2ccccc2Cl)ccc1F. The molecule has 0 aliphatic rings. The molecule has 126 valence electrons. The second-order valence-corrected chi connectivity index (χ2v) is 6.50. The van der Waals surface area contributed by atoms with Crippen molar-refractivity contribution < 1.29 is 14.0 Å². The number of halogens is 2. The summed E-state index contributed by atoms with van der Waals surface area (Å²) in [4.78, 5) is 23.9. The number of amides is 2. The highest BCUT2D eigenvalue weighted by atomic mass is 35.5.